The number of hydrogen-bond acceptors (Lipinski definition) is 4. The molecule has 2 heterocycles. The first-order chi connectivity index (χ1) is 13.7. The van der Waals surface area contributed by atoms with Crippen molar-refractivity contribution in [2.75, 3.05) is 6.54 Å². The topological polar surface area (TPSA) is 75.4 Å². The third-order valence-corrected chi connectivity index (χ3v) is 5.09. The molecule has 0 spiro atoms. The zero-order valence-corrected chi connectivity index (χ0v) is 16.9. The summed E-state index contributed by atoms with van der Waals surface area (Å²) in [5.41, 5.74) is 0.293. The largest absolute Gasteiger partial charge is 0.355 e. The maximum absolute atomic E-state index is 13.5. The lowest BCUT2D eigenvalue weighted by molar-refractivity contribution is -0.130. The van der Waals surface area contributed by atoms with Gasteiger partial charge in [0.25, 0.3) is 5.91 Å². The molecule has 6 nitrogen and oxygen atoms in total. The SMILES string of the molecule is CC(C)CC1C(=O)NC(C(C)C)CN1C(=O)c1cc(-c2ccc(F)c(F)c2)on1. The molecule has 1 fully saturated rings. The zero-order chi connectivity index (χ0) is 21.3. The number of carbonyl (C=O) groups excluding carboxylic acids is 2. The maximum atomic E-state index is 13.5. The van der Waals surface area contributed by atoms with Crippen LogP contribution in [-0.2, 0) is 4.79 Å². The van der Waals surface area contributed by atoms with Gasteiger partial charge in [0, 0.05) is 24.2 Å². The van der Waals surface area contributed by atoms with Crippen LogP contribution in [0.25, 0.3) is 11.3 Å². The molecule has 1 aliphatic heterocycles. The average molecular weight is 405 g/mol. The first-order valence-corrected chi connectivity index (χ1v) is 9.70. The number of carbonyl (C=O) groups is 2. The van der Waals surface area contributed by atoms with Crippen molar-refractivity contribution in [3.8, 4) is 11.3 Å². The van der Waals surface area contributed by atoms with Gasteiger partial charge in [0.15, 0.2) is 23.1 Å². The summed E-state index contributed by atoms with van der Waals surface area (Å²) in [6.07, 6.45) is 0.524. The predicted octanol–water partition coefficient (Wildman–Crippen LogP) is 3.63. The molecule has 2 aromatic rings. The summed E-state index contributed by atoms with van der Waals surface area (Å²) in [6, 6.07) is 3.94. The van der Waals surface area contributed by atoms with Crippen LogP contribution in [0.4, 0.5) is 8.78 Å². The van der Waals surface area contributed by atoms with Crippen LogP contribution in [0, 0.1) is 23.5 Å². The van der Waals surface area contributed by atoms with E-state index in [0.717, 1.165) is 12.1 Å². The van der Waals surface area contributed by atoms with Crippen LogP contribution in [0.3, 0.4) is 0 Å². The van der Waals surface area contributed by atoms with Crippen LogP contribution in [-0.4, -0.2) is 40.5 Å². The summed E-state index contributed by atoms with van der Waals surface area (Å²) in [7, 11) is 0. The molecule has 2 unspecified atom stereocenters. The number of amides is 2. The molecule has 1 aromatic carbocycles. The quantitative estimate of drug-likeness (QED) is 0.824. The normalized spacial score (nSPS) is 19.7. The molecule has 8 heteroatoms. The van der Waals surface area contributed by atoms with Gasteiger partial charge >= 0.3 is 0 Å². The van der Waals surface area contributed by atoms with Crippen molar-refractivity contribution in [2.24, 2.45) is 11.8 Å². The Bertz CT molecular complexity index is 910. The van der Waals surface area contributed by atoms with E-state index < -0.39 is 23.6 Å². The van der Waals surface area contributed by atoms with Gasteiger partial charge in [-0.3, -0.25) is 9.59 Å². The third-order valence-electron chi connectivity index (χ3n) is 5.09. The Balaban J connectivity index is 1.88. The molecular formula is C21H25F2N3O3. The van der Waals surface area contributed by atoms with E-state index in [1.807, 2.05) is 27.7 Å². The third kappa shape index (κ3) is 4.46. The van der Waals surface area contributed by atoms with Crippen molar-refractivity contribution in [1.82, 2.24) is 15.4 Å². The Kier molecular flexibility index (Phi) is 6.00. The molecule has 0 bridgehead atoms. The van der Waals surface area contributed by atoms with Crippen LogP contribution in [0.5, 0.6) is 0 Å². The maximum Gasteiger partial charge on any atom is 0.276 e. The minimum Gasteiger partial charge on any atom is -0.355 e. The number of nitrogens with one attached hydrogen (secondary N) is 1. The monoisotopic (exact) mass is 405 g/mol. The molecule has 0 saturated carbocycles. The van der Waals surface area contributed by atoms with Gasteiger partial charge in [0.2, 0.25) is 5.91 Å². The van der Waals surface area contributed by atoms with Crippen molar-refractivity contribution < 1.29 is 22.9 Å². The molecule has 3 rings (SSSR count). The fourth-order valence-electron chi connectivity index (χ4n) is 3.40. The van der Waals surface area contributed by atoms with E-state index in [-0.39, 0.29) is 40.8 Å². The molecule has 2 atom stereocenters. The molecule has 1 aromatic heterocycles. The van der Waals surface area contributed by atoms with E-state index in [0.29, 0.717) is 13.0 Å². The van der Waals surface area contributed by atoms with Gasteiger partial charge in [-0.2, -0.15) is 0 Å². The van der Waals surface area contributed by atoms with Gasteiger partial charge in [-0.15, -0.1) is 0 Å². The number of piperazine rings is 1. The Morgan fingerprint density at radius 3 is 2.59 bits per heavy atom. The number of hydrogen-bond donors (Lipinski definition) is 1. The summed E-state index contributed by atoms with van der Waals surface area (Å²) in [6.45, 7) is 8.30. The average Bonchev–Trinajstić information content (AvgIpc) is 3.14. The standard InChI is InChI=1S/C21H25F2N3O3/c1-11(2)7-18-20(27)24-17(12(3)4)10-26(18)21(28)16-9-19(29-25-16)13-5-6-14(22)15(23)8-13/h5-6,8-9,11-12,17-18H,7,10H2,1-4H3,(H,24,27). The van der Waals surface area contributed by atoms with Gasteiger partial charge in [-0.1, -0.05) is 32.9 Å². The highest BCUT2D eigenvalue weighted by molar-refractivity contribution is 5.97. The fraction of sp³-hybridized carbons (Fsp3) is 0.476. The van der Waals surface area contributed by atoms with Crippen LogP contribution >= 0.6 is 0 Å². The first kappa shape index (κ1) is 21.0. The molecule has 0 radical (unpaired) electrons. The minimum atomic E-state index is -1.02. The second-order valence-electron chi connectivity index (χ2n) is 8.17. The van der Waals surface area contributed by atoms with E-state index in [4.69, 9.17) is 4.52 Å². The lowest BCUT2D eigenvalue weighted by Crippen LogP contribution is -2.63. The van der Waals surface area contributed by atoms with Crippen LogP contribution in [0.1, 0.15) is 44.6 Å². The predicted molar refractivity (Wildman–Crippen MR) is 103 cm³/mol. The number of nitrogens with zero attached hydrogens (tertiary/aromatic N) is 2. The van der Waals surface area contributed by atoms with Crippen molar-refractivity contribution in [2.45, 2.75) is 46.2 Å². The molecule has 0 aliphatic carbocycles. The highest BCUT2D eigenvalue weighted by Crippen LogP contribution is 2.25. The van der Waals surface area contributed by atoms with Crippen molar-refractivity contribution in [3.63, 3.8) is 0 Å². The second kappa shape index (κ2) is 8.31. The lowest BCUT2D eigenvalue weighted by atomic mass is 9.94. The molecule has 1 N–H and O–H groups in total. The van der Waals surface area contributed by atoms with Crippen LogP contribution in [0.2, 0.25) is 0 Å². The lowest BCUT2D eigenvalue weighted by Gasteiger charge is -2.41. The zero-order valence-electron chi connectivity index (χ0n) is 16.9. The summed E-state index contributed by atoms with van der Waals surface area (Å²) in [4.78, 5) is 27.4. The van der Waals surface area contributed by atoms with Gasteiger partial charge < -0.3 is 14.7 Å². The van der Waals surface area contributed by atoms with Crippen molar-refractivity contribution in [1.29, 1.82) is 0 Å². The molecule has 2 amide bonds. The molecule has 29 heavy (non-hydrogen) atoms. The highest BCUT2D eigenvalue weighted by Gasteiger charge is 2.39. The van der Waals surface area contributed by atoms with E-state index >= 15 is 0 Å². The molecule has 156 valence electrons. The van der Waals surface area contributed by atoms with Gasteiger partial charge in [-0.25, -0.2) is 8.78 Å². The Hall–Kier alpha value is -2.77. The van der Waals surface area contributed by atoms with Crippen molar-refractivity contribution >= 4 is 11.8 Å². The van der Waals surface area contributed by atoms with E-state index in [1.165, 1.54) is 17.0 Å². The Morgan fingerprint density at radius 1 is 1.24 bits per heavy atom. The van der Waals surface area contributed by atoms with E-state index in [2.05, 4.69) is 10.5 Å². The number of benzene rings is 1. The molecular weight excluding hydrogens is 380 g/mol. The summed E-state index contributed by atoms with van der Waals surface area (Å²) >= 11 is 0. The van der Waals surface area contributed by atoms with Gasteiger partial charge in [0.05, 0.1) is 0 Å². The van der Waals surface area contributed by atoms with E-state index in [9.17, 15) is 18.4 Å². The highest BCUT2D eigenvalue weighted by atomic mass is 19.2. The van der Waals surface area contributed by atoms with Gasteiger partial charge in [0.1, 0.15) is 6.04 Å². The number of rotatable bonds is 5. The molecule has 1 saturated heterocycles. The minimum absolute atomic E-state index is 0.0238. The van der Waals surface area contributed by atoms with Crippen LogP contribution < -0.4 is 5.32 Å². The summed E-state index contributed by atoms with van der Waals surface area (Å²) < 4.78 is 31.8. The number of aromatic nitrogens is 1. The van der Waals surface area contributed by atoms with Crippen LogP contribution in [0.15, 0.2) is 28.8 Å². The van der Waals surface area contributed by atoms with Crippen molar-refractivity contribution in [3.05, 3.63) is 41.6 Å². The second-order valence-corrected chi connectivity index (χ2v) is 8.17. The Labute approximate surface area is 168 Å². The fourth-order valence-corrected chi connectivity index (χ4v) is 3.40. The summed E-state index contributed by atoms with van der Waals surface area (Å²) in [5.74, 6) is -2.07. The van der Waals surface area contributed by atoms with Gasteiger partial charge in [-0.05, 0) is 36.5 Å². The summed E-state index contributed by atoms with van der Waals surface area (Å²) in [5, 5.41) is 6.81. The number of halogens is 2. The Morgan fingerprint density at radius 2 is 1.97 bits per heavy atom. The smallest absolute Gasteiger partial charge is 0.276 e. The first-order valence-electron chi connectivity index (χ1n) is 9.70. The van der Waals surface area contributed by atoms with E-state index in [1.54, 1.807) is 0 Å². The molecule has 1 aliphatic rings.